The summed E-state index contributed by atoms with van der Waals surface area (Å²) < 4.78 is 11.8. The van der Waals surface area contributed by atoms with Crippen LogP contribution in [0.3, 0.4) is 0 Å². The second-order valence-electron chi connectivity index (χ2n) is 8.33. The summed E-state index contributed by atoms with van der Waals surface area (Å²) in [7, 11) is 1.55. The van der Waals surface area contributed by atoms with E-state index in [4.69, 9.17) is 9.47 Å². The van der Waals surface area contributed by atoms with Crippen LogP contribution in [0, 0.1) is 0 Å². The number of nitrogens with zero attached hydrogens (tertiary/aromatic N) is 2. The van der Waals surface area contributed by atoms with Crippen LogP contribution in [0.5, 0.6) is 5.75 Å². The molecule has 0 bridgehead atoms. The third-order valence-corrected chi connectivity index (χ3v) is 6.11. The lowest BCUT2D eigenvalue weighted by Gasteiger charge is -2.40. The molecule has 0 saturated carbocycles. The summed E-state index contributed by atoms with van der Waals surface area (Å²) in [5.74, 6) is -2.31. The number of allylic oxidation sites excluding steroid dienone is 4. The van der Waals surface area contributed by atoms with Gasteiger partial charge in [0.2, 0.25) is 5.43 Å². The fraction of sp³-hybridized carbons (Fsp3) is 0.370. The normalized spacial score (nSPS) is 16.9. The van der Waals surface area contributed by atoms with Gasteiger partial charge in [-0.1, -0.05) is 54.1 Å². The number of methoxy groups -OCH3 is 1. The SMILES string of the molecule is C/C=C\C=C(/C)C(c1ccccc1)[C@H]1CN(CCOC)C(=O)c2c(O)c(=O)c(C(=O)OCC)cn21. The summed E-state index contributed by atoms with van der Waals surface area (Å²) >= 11 is 0. The maximum atomic E-state index is 13.4. The summed E-state index contributed by atoms with van der Waals surface area (Å²) in [6.07, 6.45) is 7.22. The molecule has 1 aromatic heterocycles. The number of hydrogen-bond donors (Lipinski definition) is 1. The predicted octanol–water partition coefficient (Wildman–Crippen LogP) is 3.68. The fourth-order valence-corrected chi connectivity index (χ4v) is 4.45. The van der Waals surface area contributed by atoms with Gasteiger partial charge in [0.25, 0.3) is 5.91 Å². The number of benzene rings is 1. The number of ether oxygens (including phenoxy) is 2. The number of fused-ring (bicyclic) bond motifs is 1. The molecule has 0 radical (unpaired) electrons. The van der Waals surface area contributed by atoms with Gasteiger partial charge in [-0.3, -0.25) is 9.59 Å². The minimum atomic E-state index is -0.923. The number of aromatic hydroxyl groups is 1. The highest BCUT2D eigenvalue weighted by atomic mass is 16.5. The van der Waals surface area contributed by atoms with Crippen molar-refractivity contribution < 1.29 is 24.2 Å². The number of carbonyl (C=O) groups is 2. The first-order valence-electron chi connectivity index (χ1n) is 11.6. The van der Waals surface area contributed by atoms with Crippen molar-refractivity contribution in [3.05, 3.63) is 87.4 Å². The number of esters is 1. The van der Waals surface area contributed by atoms with Gasteiger partial charge in [-0.05, 0) is 26.3 Å². The van der Waals surface area contributed by atoms with Gasteiger partial charge >= 0.3 is 5.97 Å². The first-order chi connectivity index (χ1) is 16.8. The lowest BCUT2D eigenvalue weighted by atomic mass is 9.83. The van der Waals surface area contributed by atoms with Crippen molar-refractivity contribution in [3.63, 3.8) is 0 Å². The topological polar surface area (TPSA) is 98.1 Å². The summed E-state index contributed by atoms with van der Waals surface area (Å²) in [5, 5.41) is 10.9. The van der Waals surface area contributed by atoms with Gasteiger partial charge in [0.15, 0.2) is 11.4 Å². The van der Waals surface area contributed by atoms with E-state index in [2.05, 4.69) is 0 Å². The molecule has 2 heterocycles. The van der Waals surface area contributed by atoms with Crippen molar-refractivity contribution >= 4 is 11.9 Å². The third kappa shape index (κ3) is 5.38. The smallest absolute Gasteiger partial charge is 0.343 e. The van der Waals surface area contributed by atoms with E-state index in [9.17, 15) is 19.5 Å². The van der Waals surface area contributed by atoms with E-state index in [0.717, 1.165) is 11.1 Å². The molecule has 35 heavy (non-hydrogen) atoms. The molecule has 8 nitrogen and oxygen atoms in total. The quantitative estimate of drug-likeness (QED) is 0.434. The van der Waals surface area contributed by atoms with Crippen molar-refractivity contribution in [2.24, 2.45) is 0 Å². The van der Waals surface area contributed by atoms with Crippen LogP contribution in [-0.2, 0) is 9.47 Å². The molecule has 0 aliphatic carbocycles. The van der Waals surface area contributed by atoms with Gasteiger partial charge in [-0.2, -0.15) is 0 Å². The Labute approximate surface area is 205 Å². The molecule has 0 fully saturated rings. The molecule has 1 aliphatic rings. The molecule has 1 amide bonds. The van der Waals surface area contributed by atoms with Crippen molar-refractivity contribution in [1.29, 1.82) is 0 Å². The van der Waals surface area contributed by atoms with Crippen molar-refractivity contribution in [1.82, 2.24) is 9.47 Å². The molecule has 0 saturated heterocycles. The van der Waals surface area contributed by atoms with Crippen molar-refractivity contribution in [3.8, 4) is 5.75 Å². The van der Waals surface area contributed by atoms with Crippen molar-refractivity contribution in [2.75, 3.05) is 33.4 Å². The highest BCUT2D eigenvalue weighted by Gasteiger charge is 2.39. The molecule has 186 valence electrons. The van der Waals surface area contributed by atoms with Gasteiger partial charge in [0.1, 0.15) is 5.56 Å². The Morgan fingerprint density at radius 1 is 1.26 bits per heavy atom. The van der Waals surface area contributed by atoms with Crippen LogP contribution in [0.1, 0.15) is 59.1 Å². The second kappa shape index (κ2) is 11.7. The third-order valence-electron chi connectivity index (χ3n) is 6.11. The highest BCUT2D eigenvalue weighted by Crippen LogP contribution is 2.40. The van der Waals surface area contributed by atoms with Gasteiger partial charge in [0, 0.05) is 32.3 Å². The summed E-state index contributed by atoms with van der Waals surface area (Å²) in [6.45, 7) is 6.52. The molecule has 3 rings (SSSR count). The number of pyridine rings is 1. The molecular formula is C27H32N2O6. The molecular weight excluding hydrogens is 448 g/mol. The zero-order valence-electron chi connectivity index (χ0n) is 20.6. The van der Waals surface area contributed by atoms with Crippen LogP contribution in [0.15, 0.2) is 65.1 Å². The molecule has 8 heteroatoms. The van der Waals surface area contributed by atoms with E-state index >= 15 is 0 Å². The number of carbonyl (C=O) groups excluding carboxylic acids is 2. The molecule has 2 aromatic rings. The standard InChI is InChI=1S/C27H32N2O6/c1-5-7-11-18(3)22(19-12-9-8-10-13-19)21-17-28(14-15-34-4)26(32)23-25(31)24(30)20(16-29(21)23)27(33)35-6-2/h5,7-13,16,21-22,31H,6,14-15,17H2,1-4H3/b7-5-,18-11+/t21-,22?/m1/s1. The van der Waals surface area contributed by atoms with E-state index in [1.165, 1.54) is 6.20 Å². The van der Waals surface area contributed by atoms with Crippen LogP contribution in [0.2, 0.25) is 0 Å². The lowest BCUT2D eigenvalue weighted by Crippen LogP contribution is -2.47. The fourth-order valence-electron chi connectivity index (χ4n) is 4.45. The van der Waals surface area contributed by atoms with E-state index in [0.29, 0.717) is 13.2 Å². The van der Waals surface area contributed by atoms with Gasteiger partial charge in [-0.15, -0.1) is 0 Å². The largest absolute Gasteiger partial charge is 0.503 e. The van der Waals surface area contributed by atoms with E-state index in [1.54, 1.807) is 23.5 Å². The monoisotopic (exact) mass is 480 g/mol. The maximum Gasteiger partial charge on any atom is 0.343 e. The van der Waals surface area contributed by atoms with E-state index in [-0.39, 0.29) is 30.3 Å². The lowest BCUT2D eigenvalue weighted by molar-refractivity contribution is 0.0512. The van der Waals surface area contributed by atoms with Crippen LogP contribution < -0.4 is 5.43 Å². The Kier molecular flexibility index (Phi) is 8.65. The molecule has 0 spiro atoms. The average Bonchev–Trinajstić information content (AvgIpc) is 2.86. The molecule has 1 aromatic carbocycles. The Morgan fingerprint density at radius 2 is 1.97 bits per heavy atom. The molecule has 1 N–H and O–H groups in total. The average molecular weight is 481 g/mol. The Balaban J connectivity index is 2.29. The number of amides is 1. The van der Waals surface area contributed by atoms with Gasteiger partial charge < -0.3 is 24.0 Å². The van der Waals surface area contributed by atoms with Gasteiger partial charge in [0.05, 0.1) is 19.3 Å². The zero-order chi connectivity index (χ0) is 25.5. The zero-order valence-corrected chi connectivity index (χ0v) is 20.6. The minimum Gasteiger partial charge on any atom is -0.503 e. The van der Waals surface area contributed by atoms with Crippen LogP contribution in [0.25, 0.3) is 0 Å². The summed E-state index contributed by atoms with van der Waals surface area (Å²) in [6, 6.07) is 9.40. The summed E-state index contributed by atoms with van der Waals surface area (Å²) in [4.78, 5) is 40.3. The minimum absolute atomic E-state index is 0.0752. The molecule has 1 aliphatic heterocycles. The van der Waals surface area contributed by atoms with E-state index in [1.807, 2.05) is 62.4 Å². The Bertz CT molecular complexity index is 1180. The first kappa shape index (κ1) is 26.0. The highest BCUT2D eigenvalue weighted by molar-refractivity contribution is 5.98. The maximum absolute atomic E-state index is 13.4. The van der Waals surface area contributed by atoms with Gasteiger partial charge in [-0.25, -0.2) is 4.79 Å². The molecule has 2 atom stereocenters. The Morgan fingerprint density at radius 3 is 2.60 bits per heavy atom. The molecule has 1 unspecified atom stereocenters. The van der Waals surface area contributed by atoms with Crippen LogP contribution >= 0.6 is 0 Å². The predicted molar refractivity (Wildman–Crippen MR) is 133 cm³/mol. The van der Waals surface area contributed by atoms with Crippen LogP contribution in [0.4, 0.5) is 0 Å². The first-order valence-corrected chi connectivity index (χ1v) is 11.6. The Hall–Kier alpha value is -3.65. The van der Waals surface area contributed by atoms with Crippen molar-refractivity contribution in [2.45, 2.75) is 32.7 Å². The number of aromatic nitrogens is 1. The van der Waals surface area contributed by atoms with Crippen LogP contribution in [-0.4, -0.2) is 59.9 Å². The number of hydrogen-bond acceptors (Lipinski definition) is 6. The summed E-state index contributed by atoms with van der Waals surface area (Å²) in [5.41, 5.74) is 0.641. The van der Waals surface area contributed by atoms with E-state index < -0.39 is 29.1 Å². The second-order valence-corrected chi connectivity index (χ2v) is 8.33. The number of rotatable bonds is 9.